The van der Waals surface area contributed by atoms with Crippen LogP contribution in [-0.4, -0.2) is 43.5 Å². The van der Waals surface area contributed by atoms with E-state index in [9.17, 15) is 18.0 Å². The van der Waals surface area contributed by atoms with E-state index < -0.39 is 17.6 Å². The van der Waals surface area contributed by atoms with Gasteiger partial charge in [0.05, 0.1) is 18.0 Å². The molecule has 2 atom stereocenters. The molecule has 4 heterocycles. The molecule has 1 saturated heterocycles. The predicted octanol–water partition coefficient (Wildman–Crippen LogP) is 2.51. The first-order valence-corrected chi connectivity index (χ1v) is 8.60. The number of carbonyl (C=O) groups excluding carboxylic acids is 1. The summed E-state index contributed by atoms with van der Waals surface area (Å²) in [6.07, 6.45) is 1.59. The maximum atomic E-state index is 13.2. The fourth-order valence-corrected chi connectivity index (χ4v) is 3.45. The molecule has 0 aliphatic carbocycles. The van der Waals surface area contributed by atoms with Gasteiger partial charge in [-0.15, -0.1) is 0 Å². The molecule has 2 aromatic heterocycles. The topological polar surface area (TPSA) is 81.9 Å². The van der Waals surface area contributed by atoms with Gasteiger partial charge in [-0.2, -0.15) is 18.3 Å². The van der Waals surface area contributed by atoms with Crippen LogP contribution in [0, 0.1) is 0 Å². The zero-order chi connectivity index (χ0) is 19.4. The Morgan fingerprint density at radius 1 is 1.30 bits per heavy atom. The third kappa shape index (κ3) is 2.97. The van der Waals surface area contributed by atoms with Crippen molar-refractivity contribution in [2.24, 2.45) is 0 Å². The maximum absolute atomic E-state index is 13.2. The van der Waals surface area contributed by atoms with Gasteiger partial charge in [-0.25, -0.2) is 9.67 Å². The summed E-state index contributed by atoms with van der Waals surface area (Å²) >= 11 is 0. The van der Waals surface area contributed by atoms with Crippen LogP contribution >= 0.6 is 0 Å². The predicted molar refractivity (Wildman–Crippen MR) is 87.3 cm³/mol. The highest BCUT2D eigenvalue weighted by Crippen LogP contribution is 2.43. The van der Waals surface area contributed by atoms with Gasteiger partial charge in [-0.1, -0.05) is 0 Å². The molecule has 7 nitrogen and oxygen atoms in total. The fraction of sp³-hybridized carbons (Fsp3) is 0.529. The number of fused-ring (bicyclic) bond motifs is 4. The normalized spacial score (nSPS) is 21.8. The lowest BCUT2D eigenvalue weighted by atomic mass is 10.0. The second kappa shape index (κ2) is 6.01. The van der Waals surface area contributed by atoms with E-state index in [1.807, 2.05) is 0 Å². The number of nitrogens with zero attached hydrogens (tertiary/aromatic N) is 4. The van der Waals surface area contributed by atoms with Crippen LogP contribution in [0.5, 0.6) is 0 Å². The lowest BCUT2D eigenvalue weighted by Crippen LogP contribution is -2.54. The van der Waals surface area contributed by atoms with Crippen molar-refractivity contribution in [3.05, 3.63) is 35.5 Å². The van der Waals surface area contributed by atoms with Crippen LogP contribution in [0.4, 0.5) is 13.2 Å². The van der Waals surface area contributed by atoms with Gasteiger partial charge in [0, 0.05) is 24.4 Å². The first kappa shape index (κ1) is 17.9. The van der Waals surface area contributed by atoms with E-state index in [4.69, 9.17) is 4.74 Å². The number of ether oxygens (including phenoxy) is 1. The molecule has 2 aromatic rings. The SMILES string of the molecule is CC(C)(NC(=O)c1nn(-c2cnccn2)c2c1CC1CCC2O1)C(F)(F)F. The van der Waals surface area contributed by atoms with Crippen LogP contribution in [0.25, 0.3) is 5.82 Å². The Kier molecular flexibility index (Phi) is 3.99. The van der Waals surface area contributed by atoms with Crippen molar-refractivity contribution in [2.75, 3.05) is 0 Å². The number of amides is 1. The molecule has 2 bridgehead atoms. The van der Waals surface area contributed by atoms with Crippen molar-refractivity contribution >= 4 is 5.91 Å². The molecule has 0 radical (unpaired) electrons. The molecule has 0 aromatic carbocycles. The Balaban J connectivity index is 1.77. The summed E-state index contributed by atoms with van der Waals surface area (Å²) in [5, 5.41) is 6.36. The molecule has 144 valence electrons. The lowest BCUT2D eigenvalue weighted by Gasteiger charge is -2.28. The minimum absolute atomic E-state index is 0.0202. The number of hydrogen-bond donors (Lipinski definition) is 1. The summed E-state index contributed by atoms with van der Waals surface area (Å²) in [5.41, 5.74) is -1.11. The van der Waals surface area contributed by atoms with E-state index in [2.05, 4.69) is 20.4 Å². The molecule has 0 saturated carbocycles. The van der Waals surface area contributed by atoms with Crippen LogP contribution in [0.1, 0.15) is 54.5 Å². The van der Waals surface area contributed by atoms with Gasteiger partial charge < -0.3 is 10.1 Å². The quantitative estimate of drug-likeness (QED) is 0.884. The largest absolute Gasteiger partial charge is 0.410 e. The van der Waals surface area contributed by atoms with Crippen molar-refractivity contribution in [1.82, 2.24) is 25.1 Å². The number of carbonyl (C=O) groups is 1. The number of nitrogens with one attached hydrogen (secondary N) is 1. The van der Waals surface area contributed by atoms with Gasteiger partial charge in [0.25, 0.3) is 5.91 Å². The van der Waals surface area contributed by atoms with Crippen LogP contribution < -0.4 is 5.32 Å². The highest BCUT2D eigenvalue weighted by atomic mass is 19.4. The van der Waals surface area contributed by atoms with Crippen LogP contribution in [-0.2, 0) is 11.2 Å². The third-order valence-corrected chi connectivity index (χ3v) is 4.98. The average Bonchev–Trinajstić information content (AvgIpc) is 3.17. The lowest BCUT2D eigenvalue weighted by molar-refractivity contribution is -0.182. The second-order valence-electron chi connectivity index (χ2n) is 7.29. The van der Waals surface area contributed by atoms with Gasteiger partial charge in [-0.3, -0.25) is 9.78 Å². The number of rotatable bonds is 3. The van der Waals surface area contributed by atoms with E-state index in [1.165, 1.54) is 23.3 Å². The Labute approximate surface area is 152 Å². The van der Waals surface area contributed by atoms with Gasteiger partial charge in [0.15, 0.2) is 11.5 Å². The molecule has 1 N–H and O–H groups in total. The third-order valence-electron chi connectivity index (χ3n) is 4.98. The monoisotopic (exact) mass is 381 g/mol. The molecule has 2 unspecified atom stereocenters. The summed E-state index contributed by atoms with van der Waals surface area (Å²) in [4.78, 5) is 20.9. The maximum Gasteiger partial charge on any atom is 0.410 e. The highest BCUT2D eigenvalue weighted by molar-refractivity contribution is 5.94. The van der Waals surface area contributed by atoms with Gasteiger partial charge >= 0.3 is 6.18 Å². The van der Waals surface area contributed by atoms with Gasteiger partial charge in [0.1, 0.15) is 11.6 Å². The van der Waals surface area contributed by atoms with Crippen molar-refractivity contribution < 1.29 is 22.7 Å². The number of aromatic nitrogens is 4. The van der Waals surface area contributed by atoms with Crippen molar-refractivity contribution in [1.29, 1.82) is 0 Å². The Bertz CT molecular complexity index is 879. The van der Waals surface area contributed by atoms with E-state index >= 15 is 0 Å². The summed E-state index contributed by atoms with van der Waals surface area (Å²) in [6.45, 7) is 1.84. The first-order valence-electron chi connectivity index (χ1n) is 8.60. The van der Waals surface area contributed by atoms with Crippen LogP contribution in [0.3, 0.4) is 0 Å². The van der Waals surface area contributed by atoms with E-state index in [0.29, 0.717) is 23.5 Å². The smallest absolute Gasteiger partial charge is 0.368 e. The summed E-state index contributed by atoms with van der Waals surface area (Å²) in [6, 6.07) is 0. The molecular formula is C17H18F3N5O2. The summed E-state index contributed by atoms with van der Waals surface area (Å²) in [7, 11) is 0. The van der Waals surface area contributed by atoms with Crippen molar-refractivity contribution in [3.63, 3.8) is 0 Å². The van der Waals surface area contributed by atoms with Crippen molar-refractivity contribution in [2.45, 2.75) is 57.0 Å². The standard InChI is InChI=1S/C17H18F3N5O2/c1-16(2,17(18,19)20)23-15(26)13-10-7-9-3-4-11(27-9)14(10)25(24-13)12-8-21-5-6-22-12/h5-6,8-9,11H,3-4,7H2,1-2H3,(H,23,26). The average molecular weight is 381 g/mol. The minimum Gasteiger partial charge on any atom is -0.368 e. The van der Waals surface area contributed by atoms with Crippen LogP contribution in [0.15, 0.2) is 18.6 Å². The molecule has 10 heteroatoms. The molecule has 4 rings (SSSR count). The van der Waals surface area contributed by atoms with Crippen LogP contribution in [0.2, 0.25) is 0 Å². The number of halogens is 3. The summed E-state index contributed by atoms with van der Waals surface area (Å²) in [5.74, 6) is -0.477. The molecule has 2 aliphatic heterocycles. The Morgan fingerprint density at radius 2 is 2.07 bits per heavy atom. The highest BCUT2D eigenvalue weighted by Gasteiger charge is 2.49. The van der Waals surface area contributed by atoms with E-state index in [1.54, 1.807) is 0 Å². The van der Waals surface area contributed by atoms with E-state index in [-0.39, 0.29) is 17.9 Å². The first-order chi connectivity index (χ1) is 12.7. The Morgan fingerprint density at radius 3 is 2.74 bits per heavy atom. The summed E-state index contributed by atoms with van der Waals surface area (Å²) < 4.78 is 46.9. The van der Waals surface area contributed by atoms with E-state index in [0.717, 1.165) is 26.7 Å². The Hall–Kier alpha value is -2.49. The molecule has 1 fully saturated rings. The zero-order valence-corrected chi connectivity index (χ0v) is 14.7. The zero-order valence-electron chi connectivity index (χ0n) is 14.7. The van der Waals surface area contributed by atoms with Gasteiger partial charge in [-0.05, 0) is 26.7 Å². The fourth-order valence-electron chi connectivity index (χ4n) is 3.45. The van der Waals surface area contributed by atoms with Crippen molar-refractivity contribution in [3.8, 4) is 5.82 Å². The second-order valence-corrected chi connectivity index (χ2v) is 7.29. The van der Waals surface area contributed by atoms with Gasteiger partial charge in [0.2, 0.25) is 0 Å². The molecule has 27 heavy (non-hydrogen) atoms. The molecular weight excluding hydrogens is 363 g/mol. The molecule has 1 amide bonds. The molecule has 2 aliphatic rings. The minimum atomic E-state index is -4.58. The number of hydrogen-bond acceptors (Lipinski definition) is 5. The molecule has 0 spiro atoms. The number of alkyl halides is 3.